The summed E-state index contributed by atoms with van der Waals surface area (Å²) >= 11 is 0. The number of hydrogen-bond acceptors (Lipinski definition) is 6. The summed E-state index contributed by atoms with van der Waals surface area (Å²) in [6, 6.07) is 3.34. The third-order valence-corrected chi connectivity index (χ3v) is 5.88. The lowest BCUT2D eigenvalue weighted by atomic mass is 10.3. The molecule has 1 aliphatic rings. The Hall–Kier alpha value is -1.89. The van der Waals surface area contributed by atoms with Crippen LogP contribution in [-0.2, 0) is 24.3 Å². The molecule has 1 amide bonds. The number of benzene rings is 1. The van der Waals surface area contributed by atoms with E-state index in [0.717, 1.165) is 31.0 Å². The lowest BCUT2D eigenvalue weighted by Crippen LogP contribution is -2.28. The molecular formula is C17H23F3N2O6S. The SMILES string of the molecule is COCCOCC(=O)Nc1cc(S(=O)(=O)N2CCCC2)ccc1OCC(F)(F)F. The number of carbonyl (C=O) groups is 1. The molecule has 0 bridgehead atoms. The summed E-state index contributed by atoms with van der Waals surface area (Å²) in [7, 11) is -2.37. The van der Waals surface area contributed by atoms with Crippen molar-refractivity contribution in [2.75, 3.05) is 51.9 Å². The second kappa shape index (κ2) is 10.2. The topological polar surface area (TPSA) is 94.2 Å². The van der Waals surface area contributed by atoms with E-state index in [1.165, 1.54) is 11.4 Å². The second-order valence-corrected chi connectivity index (χ2v) is 8.20. The first kappa shape index (κ1) is 23.4. The van der Waals surface area contributed by atoms with E-state index in [0.29, 0.717) is 13.1 Å². The second-order valence-electron chi connectivity index (χ2n) is 6.27. The van der Waals surface area contributed by atoms with E-state index in [1.807, 2.05) is 0 Å². The van der Waals surface area contributed by atoms with Crippen LogP contribution in [0.5, 0.6) is 5.75 Å². The smallest absolute Gasteiger partial charge is 0.422 e. The first-order valence-electron chi connectivity index (χ1n) is 8.84. The third kappa shape index (κ3) is 7.14. The summed E-state index contributed by atoms with van der Waals surface area (Å²) in [5.41, 5.74) is -0.185. The van der Waals surface area contributed by atoms with E-state index in [-0.39, 0.29) is 36.2 Å². The van der Waals surface area contributed by atoms with Gasteiger partial charge in [0, 0.05) is 20.2 Å². The minimum atomic E-state index is -4.59. The van der Waals surface area contributed by atoms with Gasteiger partial charge < -0.3 is 19.5 Å². The molecule has 0 atom stereocenters. The molecule has 1 aromatic carbocycles. The lowest BCUT2D eigenvalue weighted by molar-refractivity contribution is -0.153. The zero-order chi connectivity index (χ0) is 21.5. The first-order chi connectivity index (χ1) is 13.6. The number of methoxy groups -OCH3 is 1. The van der Waals surface area contributed by atoms with E-state index in [1.54, 1.807) is 0 Å². The van der Waals surface area contributed by atoms with Crippen molar-refractivity contribution in [2.45, 2.75) is 23.9 Å². The monoisotopic (exact) mass is 440 g/mol. The van der Waals surface area contributed by atoms with Crippen LogP contribution in [0.4, 0.5) is 18.9 Å². The molecule has 0 aromatic heterocycles. The third-order valence-electron chi connectivity index (χ3n) is 3.98. The van der Waals surface area contributed by atoms with Gasteiger partial charge in [0.15, 0.2) is 6.61 Å². The molecule has 0 spiro atoms. The molecule has 29 heavy (non-hydrogen) atoms. The fourth-order valence-corrected chi connectivity index (χ4v) is 4.17. The minimum absolute atomic E-state index is 0.144. The standard InChI is InChI=1S/C17H23F3N2O6S/c1-26-8-9-27-11-16(23)21-14-10-13(29(24,25)22-6-2-3-7-22)4-5-15(14)28-12-17(18,19)20/h4-5,10H,2-3,6-9,11-12H2,1H3,(H,21,23). The van der Waals surface area contributed by atoms with Crippen LogP contribution in [0.1, 0.15) is 12.8 Å². The van der Waals surface area contributed by atoms with Crippen molar-refractivity contribution < 1.29 is 40.6 Å². The molecule has 0 unspecified atom stereocenters. The number of sulfonamides is 1. The Morgan fingerprint density at radius 1 is 1.21 bits per heavy atom. The number of anilines is 1. The van der Waals surface area contributed by atoms with Crippen LogP contribution >= 0.6 is 0 Å². The maximum atomic E-state index is 12.7. The highest BCUT2D eigenvalue weighted by atomic mass is 32.2. The van der Waals surface area contributed by atoms with Gasteiger partial charge in [-0.25, -0.2) is 8.42 Å². The Labute approximate surface area is 167 Å². The maximum Gasteiger partial charge on any atom is 0.422 e. The highest BCUT2D eigenvalue weighted by Gasteiger charge is 2.30. The van der Waals surface area contributed by atoms with Gasteiger partial charge in [-0.1, -0.05) is 0 Å². The van der Waals surface area contributed by atoms with Gasteiger partial charge in [0.1, 0.15) is 12.4 Å². The largest absolute Gasteiger partial charge is 0.482 e. The summed E-state index contributed by atoms with van der Waals surface area (Å²) in [5.74, 6) is -0.971. The highest BCUT2D eigenvalue weighted by molar-refractivity contribution is 7.89. The normalized spacial score (nSPS) is 15.4. The van der Waals surface area contributed by atoms with Crippen LogP contribution in [0.15, 0.2) is 23.1 Å². The summed E-state index contributed by atoms with van der Waals surface area (Å²) in [4.78, 5) is 11.9. The minimum Gasteiger partial charge on any atom is -0.482 e. The van der Waals surface area contributed by atoms with Crippen molar-refractivity contribution in [3.8, 4) is 5.75 Å². The zero-order valence-corrected chi connectivity index (χ0v) is 16.6. The van der Waals surface area contributed by atoms with E-state index in [4.69, 9.17) is 14.2 Å². The first-order valence-corrected chi connectivity index (χ1v) is 10.3. The maximum absolute atomic E-state index is 12.7. The van der Waals surface area contributed by atoms with Crippen LogP contribution in [0, 0.1) is 0 Å². The number of amides is 1. The van der Waals surface area contributed by atoms with Gasteiger partial charge in [-0.2, -0.15) is 17.5 Å². The van der Waals surface area contributed by atoms with Crippen LogP contribution in [0.25, 0.3) is 0 Å². The van der Waals surface area contributed by atoms with Crippen molar-refractivity contribution >= 4 is 21.6 Å². The van der Waals surface area contributed by atoms with Crippen LogP contribution in [-0.4, -0.2) is 71.4 Å². The van der Waals surface area contributed by atoms with E-state index < -0.39 is 28.7 Å². The predicted molar refractivity (Wildman–Crippen MR) is 97.3 cm³/mol. The molecule has 164 valence electrons. The van der Waals surface area contributed by atoms with E-state index in [2.05, 4.69) is 5.32 Å². The number of carbonyl (C=O) groups excluding carboxylic acids is 1. The molecule has 1 saturated heterocycles. The molecule has 0 radical (unpaired) electrons. The van der Waals surface area contributed by atoms with Gasteiger partial charge in [0.05, 0.1) is 23.8 Å². The van der Waals surface area contributed by atoms with Crippen molar-refractivity contribution in [3.63, 3.8) is 0 Å². The fourth-order valence-electron chi connectivity index (χ4n) is 2.62. The Morgan fingerprint density at radius 3 is 2.52 bits per heavy atom. The Balaban J connectivity index is 2.21. The summed E-state index contributed by atoms with van der Waals surface area (Å²) < 4.78 is 78.7. The Kier molecular flexibility index (Phi) is 8.25. The number of alkyl halides is 3. The molecule has 2 rings (SSSR count). The van der Waals surface area contributed by atoms with Crippen LogP contribution in [0.2, 0.25) is 0 Å². The van der Waals surface area contributed by atoms with Gasteiger partial charge in [-0.05, 0) is 31.0 Å². The molecule has 1 aromatic rings. The summed E-state index contributed by atoms with van der Waals surface area (Å²) in [6.45, 7) is -0.835. The van der Waals surface area contributed by atoms with Crippen molar-refractivity contribution in [3.05, 3.63) is 18.2 Å². The molecule has 0 aliphatic carbocycles. The van der Waals surface area contributed by atoms with Crippen LogP contribution in [0.3, 0.4) is 0 Å². The number of hydrogen-bond donors (Lipinski definition) is 1. The van der Waals surface area contributed by atoms with Gasteiger partial charge in [-0.3, -0.25) is 4.79 Å². The highest BCUT2D eigenvalue weighted by Crippen LogP contribution is 2.31. The number of halogens is 3. The summed E-state index contributed by atoms with van der Waals surface area (Å²) in [5, 5.41) is 2.35. The quantitative estimate of drug-likeness (QED) is 0.560. The van der Waals surface area contributed by atoms with Gasteiger partial charge in [0.25, 0.3) is 0 Å². The van der Waals surface area contributed by atoms with E-state index >= 15 is 0 Å². The van der Waals surface area contributed by atoms with Gasteiger partial charge in [-0.15, -0.1) is 0 Å². The molecule has 1 heterocycles. The molecule has 12 heteroatoms. The Morgan fingerprint density at radius 2 is 1.90 bits per heavy atom. The lowest BCUT2D eigenvalue weighted by Gasteiger charge is -2.18. The number of ether oxygens (including phenoxy) is 3. The van der Waals surface area contributed by atoms with Crippen LogP contribution < -0.4 is 10.1 Å². The van der Waals surface area contributed by atoms with Gasteiger partial charge >= 0.3 is 6.18 Å². The summed E-state index contributed by atoms with van der Waals surface area (Å²) in [6.07, 6.45) is -3.13. The van der Waals surface area contributed by atoms with Crippen molar-refractivity contribution in [1.29, 1.82) is 0 Å². The molecule has 1 aliphatic heterocycles. The fraction of sp³-hybridized carbons (Fsp3) is 0.588. The molecule has 0 saturated carbocycles. The molecular weight excluding hydrogens is 417 g/mol. The van der Waals surface area contributed by atoms with Gasteiger partial charge in [0.2, 0.25) is 15.9 Å². The average molecular weight is 440 g/mol. The molecule has 1 fully saturated rings. The van der Waals surface area contributed by atoms with E-state index in [9.17, 15) is 26.4 Å². The molecule has 1 N–H and O–H groups in total. The number of nitrogens with one attached hydrogen (secondary N) is 1. The van der Waals surface area contributed by atoms with Crippen molar-refractivity contribution in [1.82, 2.24) is 4.31 Å². The number of rotatable bonds is 10. The predicted octanol–water partition coefficient (Wildman–Crippen LogP) is 2.01. The van der Waals surface area contributed by atoms with Crippen molar-refractivity contribution in [2.24, 2.45) is 0 Å². The molecule has 8 nitrogen and oxygen atoms in total. The zero-order valence-electron chi connectivity index (χ0n) is 15.8. The Bertz CT molecular complexity index is 795. The average Bonchev–Trinajstić information content (AvgIpc) is 3.19. The number of nitrogens with zero attached hydrogens (tertiary/aromatic N) is 1.